The van der Waals surface area contributed by atoms with Crippen molar-refractivity contribution in [1.82, 2.24) is 0 Å². The molecule has 2 N–H and O–H groups in total. The minimum absolute atomic E-state index is 0.0990. The van der Waals surface area contributed by atoms with Gasteiger partial charge in [0.2, 0.25) is 5.75 Å². The number of aliphatic hydroxyl groups excluding tert-OH is 1. The van der Waals surface area contributed by atoms with E-state index in [2.05, 4.69) is 0 Å². The monoisotopic (exact) mass is 238 g/mol. The number of phenols is 1. The van der Waals surface area contributed by atoms with Gasteiger partial charge in [-0.1, -0.05) is 0 Å². The van der Waals surface area contributed by atoms with Crippen molar-refractivity contribution in [3.8, 4) is 23.0 Å². The normalized spacial score (nSPS) is 23.1. The van der Waals surface area contributed by atoms with Crippen LogP contribution in [-0.2, 0) is 0 Å². The summed E-state index contributed by atoms with van der Waals surface area (Å²) in [5, 5.41) is 20.3. The van der Waals surface area contributed by atoms with Crippen LogP contribution >= 0.6 is 0 Å². The highest BCUT2D eigenvalue weighted by molar-refractivity contribution is 5.64. The van der Waals surface area contributed by atoms with Gasteiger partial charge in [0.25, 0.3) is 0 Å². The predicted octanol–water partition coefficient (Wildman–Crippen LogP) is 1.37. The number of ether oxygens (including phenoxy) is 3. The lowest BCUT2D eigenvalue weighted by atomic mass is 10.0. The molecule has 1 aromatic rings. The van der Waals surface area contributed by atoms with Gasteiger partial charge in [0, 0.05) is 6.07 Å². The summed E-state index contributed by atoms with van der Waals surface area (Å²) in [6.45, 7) is 0. The number of hydrogen-bond acceptors (Lipinski definition) is 5. The predicted molar refractivity (Wildman–Crippen MR) is 58.8 cm³/mol. The Labute approximate surface area is 98.5 Å². The summed E-state index contributed by atoms with van der Waals surface area (Å²) in [6.07, 6.45) is 0.803. The van der Waals surface area contributed by atoms with Crippen LogP contribution in [0.25, 0.3) is 0 Å². The second kappa shape index (κ2) is 3.20. The van der Waals surface area contributed by atoms with Crippen LogP contribution in [0, 0.1) is 0 Å². The second-order valence-corrected chi connectivity index (χ2v) is 4.44. The minimum atomic E-state index is -0.794. The first-order valence-electron chi connectivity index (χ1n) is 5.48. The van der Waals surface area contributed by atoms with Gasteiger partial charge >= 0.3 is 0 Å². The van der Waals surface area contributed by atoms with Gasteiger partial charge in [-0.25, -0.2) is 0 Å². The molecule has 0 saturated heterocycles. The van der Waals surface area contributed by atoms with Gasteiger partial charge in [0.15, 0.2) is 11.5 Å². The first kappa shape index (κ1) is 10.5. The number of phenolic OH excluding ortho intramolecular Hbond substituents is 1. The van der Waals surface area contributed by atoms with Gasteiger partial charge in [0.05, 0.1) is 19.8 Å². The fraction of sp³-hybridized carbons (Fsp3) is 0.500. The summed E-state index contributed by atoms with van der Waals surface area (Å²) in [6, 6.07) is 1.64. The zero-order chi connectivity index (χ0) is 12.2. The molecule has 1 aliphatic carbocycles. The summed E-state index contributed by atoms with van der Waals surface area (Å²) < 4.78 is 15.9. The average molecular weight is 238 g/mol. The maximum absolute atomic E-state index is 10.2. The van der Waals surface area contributed by atoms with Crippen molar-refractivity contribution < 1.29 is 24.4 Å². The topological polar surface area (TPSA) is 68.2 Å². The molecule has 0 amide bonds. The van der Waals surface area contributed by atoms with Gasteiger partial charge in [-0.05, 0) is 12.8 Å². The standard InChI is InChI=1S/C12H14O5/c1-15-7-5-6-8(9(13)10(7)16-2)11(14)12(17-6)3-4-12/h5,11,13-14H,3-4H2,1-2H3. The van der Waals surface area contributed by atoms with E-state index in [-0.39, 0.29) is 11.5 Å². The van der Waals surface area contributed by atoms with Gasteiger partial charge in [-0.15, -0.1) is 0 Å². The van der Waals surface area contributed by atoms with Crippen LogP contribution in [0.4, 0.5) is 0 Å². The Hall–Kier alpha value is -1.62. The molecule has 0 aromatic heterocycles. The van der Waals surface area contributed by atoms with E-state index < -0.39 is 11.7 Å². The minimum Gasteiger partial charge on any atom is -0.504 e. The van der Waals surface area contributed by atoms with Crippen LogP contribution in [-0.4, -0.2) is 30.0 Å². The van der Waals surface area contributed by atoms with E-state index >= 15 is 0 Å². The summed E-state index contributed by atoms with van der Waals surface area (Å²) in [5.41, 5.74) is -0.128. The molecular weight excluding hydrogens is 224 g/mol. The number of aromatic hydroxyl groups is 1. The molecule has 1 unspecified atom stereocenters. The molecular formula is C12H14O5. The molecule has 1 aromatic carbocycles. The fourth-order valence-corrected chi connectivity index (χ4v) is 2.35. The van der Waals surface area contributed by atoms with Crippen molar-refractivity contribution >= 4 is 0 Å². The summed E-state index contributed by atoms with van der Waals surface area (Å²) >= 11 is 0. The molecule has 1 fully saturated rings. The van der Waals surface area contributed by atoms with Crippen molar-refractivity contribution in [3.63, 3.8) is 0 Å². The summed E-state index contributed by atoms with van der Waals surface area (Å²) in [5.74, 6) is 1.00. The lowest BCUT2D eigenvalue weighted by Gasteiger charge is -2.13. The van der Waals surface area contributed by atoms with Gasteiger partial charge in [-0.3, -0.25) is 0 Å². The Kier molecular flexibility index (Phi) is 1.98. The first-order chi connectivity index (χ1) is 8.13. The van der Waals surface area contributed by atoms with E-state index in [1.807, 2.05) is 0 Å². The molecule has 1 saturated carbocycles. The van der Waals surface area contributed by atoms with E-state index in [1.165, 1.54) is 14.2 Å². The van der Waals surface area contributed by atoms with Crippen molar-refractivity contribution in [2.45, 2.75) is 24.5 Å². The van der Waals surface area contributed by atoms with E-state index in [0.29, 0.717) is 17.1 Å². The molecule has 0 radical (unpaired) electrons. The number of methoxy groups -OCH3 is 2. The van der Waals surface area contributed by atoms with Crippen molar-refractivity contribution in [2.24, 2.45) is 0 Å². The average Bonchev–Trinajstić information content (AvgIpc) is 3.02. The first-order valence-corrected chi connectivity index (χ1v) is 5.48. The van der Waals surface area contributed by atoms with Crippen LogP contribution in [0.15, 0.2) is 6.07 Å². The number of rotatable bonds is 2. The fourth-order valence-electron chi connectivity index (χ4n) is 2.35. The number of benzene rings is 1. The van der Waals surface area contributed by atoms with Crippen LogP contribution in [0.1, 0.15) is 24.5 Å². The van der Waals surface area contributed by atoms with E-state index in [1.54, 1.807) is 6.07 Å². The van der Waals surface area contributed by atoms with Crippen LogP contribution < -0.4 is 14.2 Å². The molecule has 1 spiro atoms. The highest BCUT2D eigenvalue weighted by Crippen LogP contribution is 2.61. The second-order valence-electron chi connectivity index (χ2n) is 4.44. The van der Waals surface area contributed by atoms with Crippen LogP contribution in [0.5, 0.6) is 23.0 Å². The molecule has 92 valence electrons. The molecule has 2 aliphatic rings. The van der Waals surface area contributed by atoms with E-state index in [0.717, 1.165) is 12.8 Å². The van der Waals surface area contributed by atoms with Crippen LogP contribution in [0.3, 0.4) is 0 Å². The van der Waals surface area contributed by atoms with Gasteiger partial charge in [-0.2, -0.15) is 0 Å². The zero-order valence-corrected chi connectivity index (χ0v) is 9.69. The van der Waals surface area contributed by atoms with Crippen LogP contribution in [0.2, 0.25) is 0 Å². The smallest absolute Gasteiger partial charge is 0.203 e. The molecule has 1 atom stereocenters. The molecule has 5 nitrogen and oxygen atoms in total. The SMILES string of the molecule is COc1cc2c(c(O)c1OC)C(O)C1(CC1)O2. The number of aliphatic hydroxyl groups is 1. The third kappa shape index (κ3) is 1.23. The third-order valence-electron chi connectivity index (χ3n) is 3.47. The highest BCUT2D eigenvalue weighted by atomic mass is 16.5. The number of hydrogen-bond donors (Lipinski definition) is 2. The number of fused-ring (bicyclic) bond motifs is 1. The molecule has 3 rings (SSSR count). The maximum atomic E-state index is 10.2. The maximum Gasteiger partial charge on any atom is 0.203 e. The molecule has 1 heterocycles. The van der Waals surface area contributed by atoms with Crippen molar-refractivity contribution in [3.05, 3.63) is 11.6 Å². The molecule has 17 heavy (non-hydrogen) atoms. The molecule has 1 aliphatic heterocycles. The lowest BCUT2D eigenvalue weighted by Crippen LogP contribution is -2.19. The Morgan fingerprint density at radius 2 is 2.06 bits per heavy atom. The Balaban J connectivity index is 2.17. The summed E-state index contributed by atoms with van der Waals surface area (Å²) in [7, 11) is 2.93. The Morgan fingerprint density at radius 1 is 1.35 bits per heavy atom. The van der Waals surface area contributed by atoms with Crippen molar-refractivity contribution in [1.29, 1.82) is 0 Å². The Bertz CT molecular complexity index is 478. The highest BCUT2D eigenvalue weighted by Gasteiger charge is 2.58. The summed E-state index contributed by atoms with van der Waals surface area (Å²) in [4.78, 5) is 0. The van der Waals surface area contributed by atoms with E-state index in [4.69, 9.17) is 14.2 Å². The third-order valence-corrected chi connectivity index (χ3v) is 3.47. The molecule has 5 heteroatoms. The quantitative estimate of drug-likeness (QED) is 0.814. The van der Waals surface area contributed by atoms with E-state index in [9.17, 15) is 10.2 Å². The Morgan fingerprint density at radius 3 is 2.59 bits per heavy atom. The molecule has 0 bridgehead atoms. The van der Waals surface area contributed by atoms with Gasteiger partial charge in [0.1, 0.15) is 17.5 Å². The largest absolute Gasteiger partial charge is 0.504 e. The zero-order valence-electron chi connectivity index (χ0n) is 9.69. The van der Waals surface area contributed by atoms with Crippen molar-refractivity contribution in [2.75, 3.05) is 14.2 Å². The van der Waals surface area contributed by atoms with Gasteiger partial charge < -0.3 is 24.4 Å². The lowest BCUT2D eigenvalue weighted by molar-refractivity contribution is 0.0479.